The topological polar surface area (TPSA) is 0 Å². The molecule has 2 aromatic rings. The normalized spacial score (nSPS) is 11.7. The van der Waals surface area contributed by atoms with Crippen LogP contribution in [0.4, 0.5) is 0 Å². The fourth-order valence-electron chi connectivity index (χ4n) is 3.32. The highest BCUT2D eigenvalue weighted by Gasteiger charge is 2.14. The van der Waals surface area contributed by atoms with Gasteiger partial charge in [0.2, 0.25) is 0 Å². The third-order valence-electron chi connectivity index (χ3n) is 5.44. The van der Waals surface area contributed by atoms with Gasteiger partial charge in [0.1, 0.15) is 0 Å². The quantitative estimate of drug-likeness (QED) is 0.398. The van der Waals surface area contributed by atoms with E-state index in [0.717, 1.165) is 5.57 Å². The van der Waals surface area contributed by atoms with Crippen LogP contribution in [0.1, 0.15) is 97.4 Å². The molecule has 0 saturated carbocycles. The van der Waals surface area contributed by atoms with Gasteiger partial charge in [0.05, 0.1) is 0 Å². The van der Waals surface area contributed by atoms with Crippen molar-refractivity contribution in [2.45, 2.75) is 88.5 Å². The van der Waals surface area contributed by atoms with Crippen LogP contribution in [0.25, 0.3) is 11.1 Å². The van der Waals surface area contributed by atoms with Crippen LogP contribution in [-0.2, 0) is 6.42 Å². The minimum absolute atomic E-state index is 0.188. The number of aryl methyl sites for hydroxylation is 2. The molecule has 0 heterocycles. The van der Waals surface area contributed by atoms with E-state index in [1.165, 1.54) is 52.7 Å². The summed E-state index contributed by atoms with van der Waals surface area (Å²) in [4.78, 5) is 0. The molecule has 0 amide bonds. The number of hydrogen-bond acceptors (Lipinski definition) is 0. The second-order valence-corrected chi connectivity index (χ2v) is 9.21. The van der Waals surface area contributed by atoms with Crippen molar-refractivity contribution in [3.05, 3.63) is 95.1 Å². The zero-order valence-electron chi connectivity index (χ0n) is 22.6. The van der Waals surface area contributed by atoms with Gasteiger partial charge in [-0.05, 0) is 79.4 Å². The Morgan fingerprint density at radius 3 is 1.88 bits per heavy atom. The van der Waals surface area contributed by atoms with E-state index < -0.39 is 0 Å². The molecule has 0 spiro atoms. The maximum atomic E-state index is 3.97. The smallest absolute Gasteiger partial charge is 0.0135 e. The van der Waals surface area contributed by atoms with Gasteiger partial charge < -0.3 is 0 Å². The van der Waals surface area contributed by atoms with Crippen LogP contribution in [0.15, 0.2) is 72.8 Å². The first-order valence-electron chi connectivity index (χ1n) is 12.3. The Bertz CT molecular complexity index is 852. The van der Waals surface area contributed by atoms with E-state index in [1.54, 1.807) is 0 Å². The third kappa shape index (κ3) is 10.8. The highest BCUT2D eigenvalue weighted by Crippen LogP contribution is 2.29. The zero-order chi connectivity index (χ0) is 24.7. The molecule has 0 aliphatic rings. The van der Waals surface area contributed by atoms with Crippen molar-refractivity contribution in [1.82, 2.24) is 0 Å². The van der Waals surface area contributed by atoms with Crippen LogP contribution in [-0.4, -0.2) is 0 Å². The van der Waals surface area contributed by atoms with Gasteiger partial charge in [-0.3, -0.25) is 0 Å². The molecule has 0 radical (unpaired) electrons. The summed E-state index contributed by atoms with van der Waals surface area (Å²) in [6.45, 7) is 25.4. The van der Waals surface area contributed by atoms with Crippen molar-refractivity contribution in [3.63, 3.8) is 0 Å². The standard InChI is InChI=1S/C19H26.C11H16.C2H6/c1-8-18(19(5,6)7)13-15(4)17-11-9-16(10-12-17)14(2)3;1-3-4-8-11-9-6-5-7-10(11)2;1-2/h8-13H,2H2,1,3-7H3;5-7,9H,3-4,8H2,1-2H3;1-2H3/b15-13+,18-8+;;. The Morgan fingerprint density at radius 1 is 0.906 bits per heavy atom. The lowest BCUT2D eigenvalue weighted by molar-refractivity contribution is 0.516. The first kappa shape index (κ1) is 29.7. The number of allylic oxidation sites excluding steroid dienone is 5. The average Bonchev–Trinajstić information content (AvgIpc) is 2.78. The summed E-state index contributed by atoms with van der Waals surface area (Å²) in [6.07, 6.45) is 8.32. The first-order valence-corrected chi connectivity index (χ1v) is 12.3. The molecule has 0 aliphatic carbocycles. The maximum Gasteiger partial charge on any atom is -0.0135 e. The van der Waals surface area contributed by atoms with Crippen molar-refractivity contribution < 1.29 is 0 Å². The van der Waals surface area contributed by atoms with Gasteiger partial charge in [-0.25, -0.2) is 0 Å². The SMILES string of the molecule is C=C(C)c1ccc(/C(C)=C/C(=C\C)C(C)(C)C)cc1.CC.CCCCc1ccccc1C. The largest absolute Gasteiger partial charge is 0.0955 e. The molecule has 0 unspecified atom stereocenters. The lowest BCUT2D eigenvalue weighted by atomic mass is 9.84. The molecule has 0 heteroatoms. The van der Waals surface area contributed by atoms with Crippen LogP contribution in [0.2, 0.25) is 0 Å². The van der Waals surface area contributed by atoms with Crippen LogP contribution in [0.3, 0.4) is 0 Å². The van der Waals surface area contributed by atoms with Crippen molar-refractivity contribution in [2.24, 2.45) is 5.41 Å². The average molecular weight is 433 g/mol. The summed E-state index contributed by atoms with van der Waals surface area (Å²) < 4.78 is 0. The molecule has 0 N–H and O–H groups in total. The summed E-state index contributed by atoms with van der Waals surface area (Å²) in [6, 6.07) is 17.3. The van der Waals surface area contributed by atoms with Gasteiger partial charge in [0.25, 0.3) is 0 Å². The maximum absolute atomic E-state index is 3.97. The van der Waals surface area contributed by atoms with Gasteiger partial charge >= 0.3 is 0 Å². The molecule has 0 aromatic heterocycles. The molecular formula is C32H48. The van der Waals surface area contributed by atoms with E-state index in [9.17, 15) is 0 Å². The monoisotopic (exact) mass is 432 g/mol. The van der Waals surface area contributed by atoms with Crippen LogP contribution in [0, 0.1) is 12.3 Å². The molecular weight excluding hydrogens is 384 g/mol. The van der Waals surface area contributed by atoms with Crippen molar-refractivity contribution >= 4 is 11.1 Å². The van der Waals surface area contributed by atoms with E-state index in [0.29, 0.717) is 0 Å². The second kappa shape index (κ2) is 15.5. The Kier molecular flexibility index (Phi) is 14.3. The number of unbranched alkanes of at least 4 members (excludes halogenated alkanes) is 1. The minimum Gasteiger partial charge on any atom is -0.0955 e. The molecule has 0 aliphatic heterocycles. The molecule has 0 nitrogen and oxygen atoms in total. The molecule has 32 heavy (non-hydrogen) atoms. The molecule has 0 fully saturated rings. The van der Waals surface area contributed by atoms with E-state index >= 15 is 0 Å². The lowest BCUT2D eigenvalue weighted by Gasteiger charge is -2.21. The summed E-state index contributed by atoms with van der Waals surface area (Å²) in [5, 5.41) is 0. The summed E-state index contributed by atoms with van der Waals surface area (Å²) in [5.41, 5.74) is 9.39. The summed E-state index contributed by atoms with van der Waals surface area (Å²) >= 11 is 0. The molecule has 0 saturated heterocycles. The van der Waals surface area contributed by atoms with E-state index in [4.69, 9.17) is 0 Å². The fraction of sp³-hybridized carbons (Fsp3) is 0.438. The van der Waals surface area contributed by atoms with E-state index in [-0.39, 0.29) is 5.41 Å². The zero-order valence-corrected chi connectivity index (χ0v) is 22.6. The van der Waals surface area contributed by atoms with E-state index in [1.807, 2.05) is 20.8 Å². The minimum atomic E-state index is 0.188. The van der Waals surface area contributed by atoms with Crippen LogP contribution in [0.5, 0.6) is 0 Å². The second-order valence-electron chi connectivity index (χ2n) is 9.21. The Balaban J connectivity index is 0.000000626. The first-order chi connectivity index (χ1) is 15.1. The molecule has 0 atom stereocenters. The van der Waals surface area contributed by atoms with Crippen LogP contribution < -0.4 is 0 Å². The van der Waals surface area contributed by atoms with E-state index in [2.05, 4.69) is 116 Å². The molecule has 2 rings (SSSR count). The highest BCUT2D eigenvalue weighted by molar-refractivity contribution is 5.69. The van der Waals surface area contributed by atoms with Crippen molar-refractivity contribution in [2.75, 3.05) is 0 Å². The highest BCUT2D eigenvalue weighted by atomic mass is 14.2. The van der Waals surface area contributed by atoms with Gasteiger partial charge in [-0.2, -0.15) is 0 Å². The van der Waals surface area contributed by atoms with Gasteiger partial charge in [-0.15, -0.1) is 0 Å². The Labute approximate surface area is 200 Å². The Morgan fingerprint density at radius 2 is 1.44 bits per heavy atom. The van der Waals surface area contributed by atoms with Gasteiger partial charge in [0, 0.05) is 0 Å². The van der Waals surface area contributed by atoms with Crippen molar-refractivity contribution in [1.29, 1.82) is 0 Å². The molecule has 0 bridgehead atoms. The number of rotatable bonds is 6. The number of benzene rings is 2. The fourth-order valence-corrected chi connectivity index (χ4v) is 3.32. The predicted octanol–water partition coefficient (Wildman–Crippen LogP) is 10.5. The van der Waals surface area contributed by atoms with Gasteiger partial charge in [0.15, 0.2) is 0 Å². The lowest BCUT2D eigenvalue weighted by Crippen LogP contribution is -2.07. The summed E-state index contributed by atoms with van der Waals surface area (Å²) in [7, 11) is 0. The molecule has 176 valence electrons. The number of hydrogen-bond donors (Lipinski definition) is 0. The van der Waals surface area contributed by atoms with Crippen molar-refractivity contribution in [3.8, 4) is 0 Å². The van der Waals surface area contributed by atoms with Gasteiger partial charge in [-0.1, -0.05) is 121 Å². The Hall–Kier alpha value is -2.34. The molecule has 2 aromatic carbocycles. The predicted molar refractivity (Wildman–Crippen MR) is 149 cm³/mol. The summed E-state index contributed by atoms with van der Waals surface area (Å²) in [5.74, 6) is 0. The van der Waals surface area contributed by atoms with Crippen LogP contribution >= 0.6 is 0 Å². The third-order valence-corrected chi connectivity index (χ3v) is 5.44.